The standard InChI is InChI=1S/C18H18O3/c1-14-12-16(18(19)20)9-10-17(14)13-21-11-5-8-15-6-3-2-4-7-15/h2-10,12H,11,13H2,1H3,(H,19,20)/b8-5+. The molecule has 2 rings (SSSR count). The van der Waals surface area contributed by atoms with Crippen LogP contribution >= 0.6 is 0 Å². The molecule has 0 fully saturated rings. The zero-order valence-corrected chi connectivity index (χ0v) is 12.0. The molecule has 108 valence electrons. The number of aryl methyl sites for hydroxylation is 1. The molecule has 0 aliphatic carbocycles. The molecular weight excluding hydrogens is 264 g/mol. The van der Waals surface area contributed by atoms with E-state index in [4.69, 9.17) is 9.84 Å². The molecule has 0 bridgehead atoms. The van der Waals surface area contributed by atoms with Gasteiger partial charge in [-0.05, 0) is 35.7 Å². The van der Waals surface area contributed by atoms with Crippen molar-refractivity contribution in [2.75, 3.05) is 6.61 Å². The Morgan fingerprint density at radius 1 is 1.19 bits per heavy atom. The molecule has 0 unspecified atom stereocenters. The van der Waals surface area contributed by atoms with Crippen molar-refractivity contribution >= 4 is 12.0 Å². The molecule has 0 saturated heterocycles. The number of carbonyl (C=O) groups is 1. The van der Waals surface area contributed by atoms with E-state index in [1.807, 2.05) is 49.4 Å². The van der Waals surface area contributed by atoms with E-state index in [1.54, 1.807) is 18.2 Å². The van der Waals surface area contributed by atoms with Crippen molar-refractivity contribution in [1.82, 2.24) is 0 Å². The third-order valence-corrected chi connectivity index (χ3v) is 3.17. The topological polar surface area (TPSA) is 46.5 Å². The molecule has 0 aromatic heterocycles. The van der Waals surface area contributed by atoms with Gasteiger partial charge in [0.05, 0.1) is 18.8 Å². The van der Waals surface area contributed by atoms with Gasteiger partial charge in [0.15, 0.2) is 0 Å². The van der Waals surface area contributed by atoms with Crippen molar-refractivity contribution in [3.8, 4) is 0 Å². The molecule has 1 N–H and O–H groups in total. The maximum absolute atomic E-state index is 10.9. The van der Waals surface area contributed by atoms with Crippen LogP contribution < -0.4 is 0 Å². The summed E-state index contributed by atoms with van der Waals surface area (Å²) in [6.07, 6.45) is 3.98. The van der Waals surface area contributed by atoms with E-state index in [0.29, 0.717) is 18.8 Å². The lowest BCUT2D eigenvalue weighted by Gasteiger charge is -2.06. The summed E-state index contributed by atoms with van der Waals surface area (Å²) >= 11 is 0. The van der Waals surface area contributed by atoms with Gasteiger partial charge in [-0.15, -0.1) is 0 Å². The smallest absolute Gasteiger partial charge is 0.335 e. The SMILES string of the molecule is Cc1cc(C(=O)O)ccc1COC/C=C/c1ccccc1. The van der Waals surface area contributed by atoms with Crippen LogP contribution in [-0.2, 0) is 11.3 Å². The largest absolute Gasteiger partial charge is 0.478 e. The first kappa shape index (κ1) is 15.0. The van der Waals surface area contributed by atoms with E-state index in [1.165, 1.54) is 0 Å². The summed E-state index contributed by atoms with van der Waals surface area (Å²) in [5.74, 6) is -0.906. The van der Waals surface area contributed by atoms with Gasteiger partial charge >= 0.3 is 5.97 Å². The van der Waals surface area contributed by atoms with Gasteiger partial charge in [0.1, 0.15) is 0 Å². The van der Waals surface area contributed by atoms with E-state index in [0.717, 1.165) is 16.7 Å². The maximum atomic E-state index is 10.9. The van der Waals surface area contributed by atoms with Gasteiger partial charge in [-0.1, -0.05) is 48.6 Å². The number of carboxylic acids is 1. The quantitative estimate of drug-likeness (QED) is 0.817. The Labute approximate surface area is 124 Å². The van der Waals surface area contributed by atoms with Crippen molar-refractivity contribution in [2.45, 2.75) is 13.5 Å². The number of aromatic carboxylic acids is 1. The van der Waals surface area contributed by atoms with Crippen molar-refractivity contribution in [3.63, 3.8) is 0 Å². The molecule has 0 saturated carbocycles. The fourth-order valence-electron chi connectivity index (χ4n) is 1.98. The van der Waals surface area contributed by atoms with Gasteiger partial charge in [-0.25, -0.2) is 4.79 Å². The van der Waals surface area contributed by atoms with Crippen LogP contribution in [0.25, 0.3) is 6.08 Å². The summed E-state index contributed by atoms with van der Waals surface area (Å²) in [4.78, 5) is 10.9. The highest BCUT2D eigenvalue weighted by molar-refractivity contribution is 5.87. The number of carboxylic acid groups (broad SMARTS) is 1. The monoisotopic (exact) mass is 282 g/mol. The van der Waals surface area contributed by atoms with Gasteiger partial charge in [-0.2, -0.15) is 0 Å². The first-order valence-corrected chi connectivity index (χ1v) is 6.79. The van der Waals surface area contributed by atoms with Gasteiger partial charge in [0.2, 0.25) is 0 Å². The molecule has 0 radical (unpaired) electrons. The summed E-state index contributed by atoms with van der Waals surface area (Å²) < 4.78 is 5.59. The fourth-order valence-corrected chi connectivity index (χ4v) is 1.98. The fraction of sp³-hybridized carbons (Fsp3) is 0.167. The van der Waals surface area contributed by atoms with Gasteiger partial charge in [0, 0.05) is 0 Å². The normalized spacial score (nSPS) is 10.9. The molecule has 2 aromatic carbocycles. The number of hydrogen-bond acceptors (Lipinski definition) is 2. The molecule has 0 amide bonds. The van der Waals surface area contributed by atoms with Gasteiger partial charge in [-0.3, -0.25) is 0 Å². The second-order valence-electron chi connectivity index (χ2n) is 4.77. The lowest BCUT2D eigenvalue weighted by molar-refractivity contribution is 0.0696. The number of hydrogen-bond donors (Lipinski definition) is 1. The van der Waals surface area contributed by atoms with Crippen LogP contribution in [0.3, 0.4) is 0 Å². The summed E-state index contributed by atoms with van der Waals surface area (Å²) in [6, 6.07) is 15.1. The highest BCUT2D eigenvalue weighted by Gasteiger charge is 2.05. The molecule has 0 atom stereocenters. The third kappa shape index (κ3) is 4.58. The summed E-state index contributed by atoms with van der Waals surface area (Å²) in [6.45, 7) is 2.89. The average Bonchev–Trinajstić information content (AvgIpc) is 2.49. The molecule has 21 heavy (non-hydrogen) atoms. The molecule has 0 heterocycles. The molecule has 0 aliphatic rings. The maximum Gasteiger partial charge on any atom is 0.335 e. The van der Waals surface area contributed by atoms with Crippen LogP contribution in [0.15, 0.2) is 54.6 Å². The Kier molecular flexibility index (Phi) is 5.29. The Bertz CT molecular complexity index is 630. The van der Waals surface area contributed by atoms with Crippen LogP contribution in [-0.4, -0.2) is 17.7 Å². The molecule has 0 spiro atoms. The Hall–Kier alpha value is -2.39. The van der Waals surface area contributed by atoms with E-state index < -0.39 is 5.97 Å². The number of benzene rings is 2. The zero-order valence-electron chi connectivity index (χ0n) is 12.0. The second kappa shape index (κ2) is 7.41. The molecule has 2 aromatic rings. The lowest BCUT2D eigenvalue weighted by Crippen LogP contribution is -2.00. The first-order valence-electron chi connectivity index (χ1n) is 6.79. The van der Waals surface area contributed by atoms with E-state index in [-0.39, 0.29) is 0 Å². The Morgan fingerprint density at radius 3 is 2.62 bits per heavy atom. The van der Waals surface area contributed by atoms with Crippen LogP contribution in [0.1, 0.15) is 27.0 Å². The molecule has 3 nitrogen and oxygen atoms in total. The predicted octanol–water partition coefficient (Wildman–Crippen LogP) is 3.92. The lowest BCUT2D eigenvalue weighted by atomic mass is 10.1. The van der Waals surface area contributed by atoms with Gasteiger partial charge in [0.25, 0.3) is 0 Å². The Balaban J connectivity index is 1.84. The summed E-state index contributed by atoms with van der Waals surface area (Å²) in [5, 5.41) is 8.91. The van der Waals surface area contributed by atoms with Crippen molar-refractivity contribution in [2.24, 2.45) is 0 Å². The van der Waals surface area contributed by atoms with Crippen LogP contribution in [0.4, 0.5) is 0 Å². The Morgan fingerprint density at radius 2 is 1.95 bits per heavy atom. The molecular formula is C18H18O3. The molecule has 0 aliphatic heterocycles. The second-order valence-corrected chi connectivity index (χ2v) is 4.77. The van der Waals surface area contributed by atoms with E-state index in [2.05, 4.69) is 0 Å². The van der Waals surface area contributed by atoms with Crippen molar-refractivity contribution in [3.05, 3.63) is 76.9 Å². The van der Waals surface area contributed by atoms with Crippen LogP contribution in [0, 0.1) is 6.92 Å². The number of rotatable bonds is 6. The third-order valence-electron chi connectivity index (χ3n) is 3.17. The van der Waals surface area contributed by atoms with Gasteiger partial charge < -0.3 is 9.84 Å². The van der Waals surface area contributed by atoms with E-state index >= 15 is 0 Å². The highest BCUT2D eigenvalue weighted by Crippen LogP contribution is 2.12. The predicted molar refractivity (Wildman–Crippen MR) is 83.3 cm³/mol. The minimum Gasteiger partial charge on any atom is -0.478 e. The minimum absolute atomic E-state index is 0.306. The summed E-state index contributed by atoms with van der Waals surface area (Å²) in [7, 11) is 0. The van der Waals surface area contributed by atoms with Crippen molar-refractivity contribution < 1.29 is 14.6 Å². The minimum atomic E-state index is -0.906. The highest BCUT2D eigenvalue weighted by atomic mass is 16.5. The zero-order chi connectivity index (χ0) is 15.1. The molecule has 3 heteroatoms. The van der Waals surface area contributed by atoms with E-state index in [9.17, 15) is 4.79 Å². The van der Waals surface area contributed by atoms with Crippen LogP contribution in [0.2, 0.25) is 0 Å². The van der Waals surface area contributed by atoms with Crippen LogP contribution in [0.5, 0.6) is 0 Å². The average molecular weight is 282 g/mol. The first-order chi connectivity index (χ1) is 10.2. The number of ether oxygens (including phenoxy) is 1. The van der Waals surface area contributed by atoms with Crippen molar-refractivity contribution in [1.29, 1.82) is 0 Å². The summed E-state index contributed by atoms with van der Waals surface area (Å²) in [5.41, 5.74) is 3.39.